The summed E-state index contributed by atoms with van der Waals surface area (Å²) in [5.41, 5.74) is 1.47. The third kappa shape index (κ3) is 6.19. The van der Waals surface area contributed by atoms with Crippen molar-refractivity contribution in [1.82, 2.24) is 20.0 Å². The average molecular weight is 380 g/mol. The number of nitrogens with one attached hydrogen (secondary N) is 1. The molecule has 0 aromatic rings. The van der Waals surface area contributed by atoms with Gasteiger partial charge in [-0.1, -0.05) is 11.6 Å². The van der Waals surface area contributed by atoms with Crippen LogP contribution in [0, 0.1) is 0 Å². The summed E-state index contributed by atoms with van der Waals surface area (Å²) in [6.45, 7) is 9.32. The molecule has 3 heterocycles. The minimum atomic E-state index is 0.221. The molecule has 3 aliphatic rings. The fourth-order valence-electron chi connectivity index (χ4n) is 3.68. The van der Waals surface area contributed by atoms with Crippen LogP contribution in [-0.2, 0) is 14.3 Å². The standard InChI is InChI=1S/C19H33N5O3/c1-20-19(21-5-2-17-3-12-26-13-4-17)24-8-6-22(7-9-24)16-18(25)23-10-14-27-15-11-23/h3H,2,4-16H2,1H3,(H,20,21). The van der Waals surface area contributed by atoms with Gasteiger partial charge in [-0.25, -0.2) is 0 Å². The van der Waals surface area contributed by atoms with Crippen molar-refractivity contribution >= 4 is 11.9 Å². The molecule has 152 valence electrons. The first-order valence-electron chi connectivity index (χ1n) is 10.1. The number of piperazine rings is 1. The van der Waals surface area contributed by atoms with Gasteiger partial charge in [-0.15, -0.1) is 0 Å². The number of ether oxygens (including phenoxy) is 2. The number of guanidine groups is 1. The number of nitrogens with zero attached hydrogens (tertiary/aromatic N) is 4. The van der Waals surface area contributed by atoms with Crippen molar-refractivity contribution in [2.24, 2.45) is 4.99 Å². The van der Waals surface area contributed by atoms with E-state index in [0.717, 1.165) is 77.8 Å². The minimum absolute atomic E-state index is 0.221. The number of morpholine rings is 1. The fraction of sp³-hybridized carbons (Fsp3) is 0.789. The first kappa shape index (κ1) is 20.1. The summed E-state index contributed by atoms with van der Waals surface area (Å²) in [4.78, 5) is 23.3. The highest BCUT2D eigenvalue weighted by atomic mass is 16.5. The Morgan fingerprint density at radius 2 is 1.85 bits per heavy atom. The van der Waals surface area contributed by atoms with Gasteiger partial charge in [0, 0.05) is 52.9 Å². The van der Waals surface area contributed by atoms with Gasteiger partial charge in [0.15, 0.2) is 5.96 Å². The molecule has 27 heavy (non-hydrogen) atoms. The van der Waals surface area contributed by atoms with Crippen LogP contribution in [0.3, 0.4) is 0 Å². The van der Waals surface area contributed by atoms with E-state index in [0.29, 0.717) is 19.8 Å². The summed E-state index contributed by atoms with van der Waals surface area (Å²) >= 11 is 0. The summed E-state index contributed by atoms with van der Waals surface area (Å²) in [5, 5.41) is 3.48. The highest BCUT2D eigenvalue weighted by Gasteiger charge is 2.24. The Balaban J connectivity index is 1.36. The van der Waals surface area contributed by atoms with E-state index >= 15 is 0 Å². The Hall–Kier alpha value is -1.64. The number of carbonyl (C=O) groups is 1. The predicted octanol–water partition coefficient (Wildman–Crippen LogP) is -0.225. The molecule has 2 fully saturated rings. The average Bonchev–Trinajstić information content (AvgIpc) is 2.73. The van der Waals surface area contributed by atoms with Crippen molar-refractivity contribution in [2.45, 2.75) is 12.8 Å². The lowest BCUT2D eigenvalue weighted by Gasteiger charge is -2.37. The number of amides is 1. The van der Waals surface area contributed by atoms with Crippen LogP contribution in [0.2, 0.25) is 0 Å². The molecule has 0 spiro atoms. The topological polar surface area (TPSA) is 69.6 Å². The summed E-state index contributed by atoms with van der Waals surface area (Å²) in [6.07, 6.45) is 4.27. The molecule has 8 heteroatoms. The zero-order valence-corrected chi connectivity index (χ0v) is 16.5. The first-order chi connectivity index (χ1) is 13.3. The SMILES string of the molecule is CN=C(NCCC1=CCOCC1)N1CCN(CC(=O)N2CCOCC2)CC1. The van der Waals surface area contributed by atoms with Crippen LogP contribution in [0.5, 0.6) is 0 Å². The van der Waals surface area contributed by atoms with E-state index in [9.17, 15) is 4.79 Å². The molecule has 0 aromatic carbocycles. The van der Waals surface area contributed by atoms with Crippen LogP contribution in [0.1, 0.15) is 12.8 Å². The Kier molecular flexibility index (Phi) is 7.92. The third-order valence-corrected chi connectivity index (χ3v) is 5.39. The summed E-state index contributed by atoms with van der Waals surface area (Å²) in [7, 11) is 1.84. The molecule has 1 amide bonds. The molecular formula is C19H33N5O3. The van der Waals surface area contributed by atoms with E-state index in [-0.39, 0.29) is 5.91 Å². The van der Waals surface area contributed by atoms with Gasteiger partial charge in [-0.3, -0.25) is 14.7 Å². The second-order valence-electron chi connectivity index (χ2n) is 7.17. The highest BCUT2D eigenvalue weighted by molar-refractivity contribution is 5.80. The minimum Gasteiger partial charge on any atom is -0.378 e. The Morgan fingerprint density at radius 3 is 2.52 bits per heavy atom. The lowest BCUT2D eigenvalue weighted by molar-refractivity contribution is -0.136. The number of rotatable bonds is 5. The molecule has 0 bridgehead atoms. The van der Waals surface area contributed by atoms with E-state index < -0.39 is 0 Å². The van der Waals surface area contributed by atoms with Crippen molar-refractivity contribution in [2.75, 3.05) is 85.8 Å². The van der Waals surface area contributed by atoms with Crippen LogP contribution in [-0.4, -0.2) is 112 Å². The van der Waals surface area contributed by atoms with Gasteiger partial charge in [0.2, 0.25) is 5.91 Å². The molecule has 2 saturated heterocycles. The van der Waals surface area contributed by atoms with E-state index in [1.165, 1.54) is 5.57 Å². The highest BCUT2D eigenvalue weighted by Crippen LogP contribution is 2.11. The molecule has 0 saturated carbocycles. The molecule has 0 radical (unpaired) electrons. The number of hydrogen-bond acceptors (Lipinski definition) is 5. The maximum absolute atomic E-state index is 12.4. The Labute approximate surface area is 162 Å². The van der Waals surface area contributed by atoms with Gasteiger partial charge in [-0.05, 0) is 12.8 Å². The molecule has 0 aliphatic carbocycles. The van der Waals surface area contributed by atoms with E-state index in [4.69, 9.17) is 9.47 Å². The molecule has 1 N–H and O–H groups in total. The van der Waals surface area contributed by atoms with Crippen LogP contribution >= 0.6 is 0 Å². The van der Waals surface area contributed by atoms with Crippen LogP contribution < -0.4 is 5.32 Å². The van der Waals surface area contributed by atoms with E-state index in [1.807, 2.05) is 11.9 Å². The largest absolute Gasteiger partial charge is 0.378 e. The van der Waals surface area contributed by atoms with Crippen LogP contribution in [0.25, 0.3) is 0 Å². The van der Waals surface area contributed by atoms with Crippen LogP contribution in [0.4, 0.5) is 0 Å². The summed E-state index contributed by atoms with van der Waals surface area (Å²) in [5.74, 6) is 1.18. The predicted molar refractivity (Wildman–Crippen MR) is 105 cm³/mol. The van der Waals surface area contributed by atoms with Crippen molar-refractivity contribution in [1.29, 1.82) is 0 Å². The van der Waals surface area contributed by atoms with Gasteiger partial charge in [0.25, 0.3) is 0 Å². The molecule has 0 aromatic heterocycles. The van der Waals surface area contributed by atoms with Gasteiger partial charge >= 0.3 is 0 Å². The molecular weight excluding hydrogens is 346 g/mol. The second-order valence-corrected chi connectivity index (χ2v) is 7.17. The second kappa shape index (κ2) is 10.6. The maximum atomic E-state index is 12.4. The van der Waals surface area contributed by atoms with E-state index in [1.54, 1.807) is 0 Å². The first-order valence-corrected chi connectivity index (χ1v) is 10.1. The molecule has 3 aliphatic heterocycles. The Morgan fingerprint density at radius 1 is 1.07 bits per heavy atom. The normalized spacial score (nSPS) is 22.6. The van der Waals surface area contributed by atoms with Crippen molar-refractivity contribution < 1.29 is 14.3 Å². The molecule has 3 rings (SSSR count). The number of aliphatic imine (C=N–C) groups is 1. The lowest BCUT2D eigenvalue weighted by atomic mass is 10.1. The van der Waals surface area contributed by atoms with Crippen LogP contribution in [0.15, 0.2) is 16.6 Å². The third-order valence-electron chi connectivity index (χ3n) is 5.39. The van der Waals surface area contributed by atoms with Crippen molar-refractivity contribution in [3.8, 4) is 0 Å². The zero-order chi connectivity index (χ0) is 18.9. The van der Waals surface area contributed by atoms with Crippen molar-refractivity contribution in [3.63, 3.8) is 0 Å². The smallest absolute Gasteiger partial charge is 0.236 e. The zero-order valence-electron chi connectivity index (χ0n) is 16.5. The molecule has 8 nitrogen and oxygen atoms in total. The fourth-order valence-corrected chi connectivity index (χ4v) is 3.68. The van der Waals surface area contributed by atoms with Gasteiger partial charge in [-0.2, -0.15) is 0 Å². The molecule has 0 atom stereocenters. The number of hydrogen-bond donors (Lipinski definition) is 1. The maximum Gasteiger partial charge on any atom is 0.236 e. The monoisotopic (exact) mass is 379 g/mol. The van der Waals surface area contributed by atoms with Crippen molar-refractivity contribution in [3.05, 3.63) is 11.6 Å². The Bertz CT molecular complexity index is 537. The van der Waals surface area contributed by atoms with E-state index in [2.05, 4.69) is 26.2 Å². The number of carbonyl (C=O) groups excluding carboxylic acids is 1. The van der Waals surface area contributed by atoms with Gasteiger partial charge < -0.3 is 24.6 Å². The summed E-state index contributed by atoms with van der Waals surface area (Å²) in [6, 6.07) is 0. The molecule has 0 unspecified atom stereocenters. The quantitative estimate of drug-likeness (QED) is 0.405. The lowest BCUT2D eigenvalue weighted by Crippen LogP contribution is -2.55. The van der Waals surface area contributed by atoms with Gasteiger partial charge in [0.1, 0.15) is 0 Å². The summed E-state index contributed by atoms with van der Waals surface area (Å²) < 4.78 is 10.7. The van der Waals surface area contributed by atoms with Gasteiger partial charge in [0.05, 0.1) is 33.0 Å².